The van der Waals surface area contributed by atoms with E-state index < -0.39 is 17.7 Å². The fourth-order valence-corrected chi connectivity index (χ4v) is 1.36. The molecule has 0 fully saturated rings. The standard InChI is InChI=1S/C9H5F3N2O2/c10-9(11,12)4-1-2-5-6(3-4)13-14-7(5)8(15)16/h1-3H,(H,13,14)(H,15,16). The molecule has 0 unspecified atom stereocenters. The van der Waals surface area contributed by atoms with Crippen LogP contribution in [0.5, 0.6) is 0 Å². The zero-order valence-electron chi connectivity index (χ0n) is 7.67. The second-order valence-electron chi connectivity index (χ2n) is 3.14. The van der Waals surface area contributed by atoms with Gasteiger partial charge >= 0.3 is 12.1 Å². The summed E-state index contributed by atoms with van der Waals surface area (Å²) in [6, 6.07) is 2.74. The van der Waals surface area contributed by atoms with Crippen molar-refractivity contribution in [1.29, 1.82) is 0 Å². The van der Waals surface area contributed by atoms with Gasteiger partial charge in [-0.1, -0.05) is 0 Å². The summed E-state index contributed by atoms with van der Waals surface area (Å²) in [5.74, 6) is -1.29. The maximum atomic E-state index is 12.3. The molecular weight excluding hydrogens is 225 g/mol. The number of aromatic nitrogens is 2. The Morgan fingerprint density at radius 1 is 1.38 bits per heavy atom. The lowest BCUT2D eigenvalue weighted by atomic mass is 10.1. The van der Waals surface area contributed by atoms with Gasteiger partial charge in [0.15, 0.2) is 5.69 Å². The smallest absolute Gasteiger partial charge is 0.416 e. The molecule has 0 radical (unpaired) electrons. The molecule has 0 spiro atoms. The van der Waals surface area contributed by atoms with E-state index in [4.69, 9.17) is 5.11 Å². The highest BCUT2D eigenvalue weighted by Crippen LogP contribution is 2.31. The Balaban J connectivity index is 2.62. The first-order valence-electron chi connectivity index (χ1n) is 4.18. The van der Waals surface area contributed by atoms with Crippen molar-refractivity contribution in [2.45, 2.75) is 6.18 Å². The van der Waals surface area contributed by atoms with E-state index in [1.807, 2.05) is 0 Å². The molecule has 0 bridgehead atoms. The minimum absolute atomic E-state index is 0.0484. The molecule has 0 amide bonds. The van der Waals surface area contributed by atoms with Crippen molar-refractivity contribution in [3.8, 4) is 0 Å². The minimum Gasteiger partial charge on any atom is -0.476 e. The van der Waals surface area contributed by atoms with Crippen LogP contribution in [0.3, 0.4) is 0 Å². The average Bonchev–Trinajstić information content (AvgIpc) is 2.58. The Bertz CT molecular complexity index is 559. The van der Waals surface area contributed by atoms with E-state index in [2.05, 4.69) is 10.2 Å². The molecular formula is C9H5F3N2O2. The van der Waals surface area contributed by atoms with Crippen molar-refractivity contribution >= 4 is 16.9 Å². The minimum atomic E-state index is -4.46. The molecule has 4 nitrogen and oxygen atoms in total. The maximum Gasteiger partial charge on any atom is 0.416 e. The number of carbonyl (C=O) groups is 1. The number of aromatic carboxylic acids is 1. The van der Waals surface area contributed by atoms with Crippen LogP contribution < -0.4 is 0 Å². The fraction of sp³-hybridized carbons (Fsp3) is 0.111. The summed E-state index contributed by atoms with van der Waals surface area (Å²) in [6.45, 7) is 0. The summed E-state index contributed by atoms with van der Waals surface area (Å²) in [6.07, 6.45) is -4.46. The van der Waals surface area contributed by atoms with E-state index in [-0.39, 0.29) is 16.6 Å². The molecule has 0 saturated heterocycles. The number of nitrogens with zero attached hydrogens (tertiary/aromatic N) is 1. The summed E-state index contributed by atoms with van der Waals surface area (Å²) >= 11 is 0. The summed E-state index contributed by atoms with van der Waals surface area (Å²) in [7, 11) is 0. The molecule has 84 valence electrons. The molecule has 1 aromatic carbocycles. The fourth-order valence-electron chi connectivity index (χ4n) is 1.36. The number of nitrogens with one attached hydrogen (secondary N) is 1. The Hall–Kier alpha value is -2.05. The third-order valence-corrected chi connectivity index (χ3v) is 2.09. The van der Waals surface area contributed by atoms with Crippen molar-refractivity contribution in [3.63, 3.8) is 0 Å². The van der Waals surface area contributed by atoms with Crippen molar-refractivity contribution in [3.05, 3.63) is 29.5 Å². The van der Waals surface area contributed by atoms with Crippen LogP contribution in [0.2, 0.25) is 0 Å². The summed E-state index contributed by atoms with van der Waals surface area (Å²) in [5, 5.41) is 14.5. The summed E-state index contributed by atoms with van der Waals surface area (Å²) in [4.78, 5) is 10.7. The molecule has 0 aliphatic carbocycles. The average molecular weight is 230 g/mol. The number of hydrogen-bond acceptors (Lipinski definition) is 2. The normalized spacial score (nSPS) is 11.9. The highest BCUT2D eigenvalue weighted by atomic mass is 19.4. The van der Waals surface area contributed by atoms with Crippen LogP contribution in [-0.2, 0) is 6.18 Å². The maximum absolute atomic E-state index is 12.3. The predicted molar refractivity (Wildman–Crippen MR) is 48.1 cm³/mol. The number of carboxylic acids is 1. The Morgan fingerprint density at radius 2 is 2.06 bits per heavy atom. The lowest BCUT2D eigenvalue weighted by molar-refractivity contribution is -0.137. The van der Waals surface area contributed by atoms with Crippen LogP contribution in [0.25, 0.3) is 10.9 Å². The number of fused-ring (bicyclic) bond motifs is 1. The topological polar surface area (TPSA) is 66.0 Å². The van der Waals surface area contributed by atoms with Gasteiger partial charge in [0.25, 0.3) is 0 Å². The molecule has 2 aromatic rings. The number of alkyl halides is 3. The van der Waals surface area contributed by atoms with Crippen molar-refractivity contribution < 1.29 is 23.1 Å². The highest BCUT2D eigenvalue weighted by Gasteiger charge is 2.31. The molecule has 2 rings (SSSR count). The third kappa shape index (κ3) is 1.60. The number of halogens is 3. The van der Waals surface area contributed by atoms with Crippen LogP contribution in [0.4, 0.5) is 13.2 Å². The van der Waals surface area contributed by atoms with E-state index >= 15 is 0 Å². The van der Waals surface area contributed by atoms with Gasteiger partial charge < -0.3 is 5.11 Å². The molecule has 1 aromatic heterocycles. The Labute approximate surface area is 86.7 Å². The Morgan fingerprint density at radius 3 is 2.62 bits per heavy atom. The van der Waals surface area contributed by atoms with Gasteiger partial charge in [0.05, 0.1) is 11.1 Å². The Kier molecular flexibility index (Phi) is 2.11. The number of carboxylic acid groups (broad SMARTS) is 1. The SMILES string of the molecule is O=C(O)c1n[nH]c2cc(C(F)(F)F)ccc12. The predicted octanol–water partition coefficient (Wildman–Crippen LogP) is 2.28. The highest BCUT2D eigenvalue weighted by molar-refractivity contribution is 6.01. The van der Waals surface area contributed by atoms with Gasteiger partial charge in [-0.05, 0) is 18.2 Å². The van der Waals surface area contributed by atoms with Gasteiger partial charge in [-0.25, -0.2) is 4.79 Å². The van der Waals surface area contributed by atoms with Gasteiger partial charge in [0, 0.05) is 5.39 Å². The largest absolute Gasteiger partial charge is 0.476 e. The van der Waals surface area contributed by atoms with Crippen LogP contribution in [0.15, 0.2) is 18.2 Å². The van der Waals surface area contributed by atoms with E-state index in [1.165, 1.54) is 0 Å². The first kappa shape index (κ1) is 10.5. The number of hydrogen-bond donors (Lipinski definition) is 2. The first-order chi connectivity index (χ1) is 7.39. The van der Waals surface area contributed by atoms with Crippen molar-refractivity contribution in [2.75, 3.05) is 0 Å². The second-order valence-corrected chi connectivity index (χ2v) is 3.14. The van der Waals surface area contributed by atoms with E-state index in [0.717, 1.165) is 18.2 Å². The molecule has 1 heterocycles. The molecule has 0 aliphatic heterocycles. The zero-order chi connectivity index (χ0) is 11.9. The van der Waals surface area contributed by atoms with Gasteiger partial charge in [-0.2, -0.15) is 18.3 Å². The lowest BCUT2D eigenvalue weighted by Crippen LogP contribution is -2.04. The quantitative estimate of drug-likeness (QED) is 0.789. The van der Waals surface area contributed by atoms with E-state index in [0.29, 0.717) is 0 Å². The monoisotopic (exact) mass is 230 g/mol. The molecule has 0 aliphatic rings. The number of rotatable bonds is 1. The van der Waals surface area contributed by atoms with Crippen LogP contribution in [0, 0.1) is 0 Å². The van der Waals surface area contributed by atoms with Gasteiger partial charge in [-0.15, -0.1) is 0 Å². The number of benzene rings is 1. The number of H-pyrrole nitrogens is 1. The molecule has 0 atom stereocenters. The molecule has 2 N–H and O–H groups in total. The van der Waals surface area contributed by atoms with Crippen molar-refractivity contribution in [2.24, 2.45) is 0 Å². The zero-order valence-corrected chi connectivity index (χ0v) is 7.67. The van der Waals surface area contributed by atoms with E-state index in [1.54, 1.807) is 0 Å². The van der Waals surface area contributed by atoms with Gasteiger partial charge in [0.2, 0.25) is 0 Å². The summed E-state index contributed by atoms with van der Waals surface area (Å²) in [5.41, 5.74) is -1.09. The number of aromatic amines is 1. The van der Waals surface area contributed by atoms with Gasteiger partial charge in [-0.3, -0.25) is 5.10 Å². The molecule has 7 heteroatoms. The van der Waals surface area contributed by atoms with Crippen LogP contribution in [-0.4, -0.2) is 21.3 Å². The van der Waals surface area contributed by atoms with E-state index in [9.17, 15) is 18.0 Å². The van der Waals surface area contributed by atoms with Crippen LogP contribution in [0.1, 0.15) is 16.1 Å². The van der Waals surface area contributed by atoms with Gasteiger partial charge in [0.1, 0.15) is 0 Å². The second kappa shape index (κ2) is 3.22. The first-order valence-corrected chi connectivity index (χ1v) is 4.18. The molecule has 0 saturated carbocycles. The van der Waals surface area contributed by atoms with Crippen molar-refractivity contribution in [1.82, 2.24) is 10.2 Å². The molecule has 16 heavy (non-hydrogen) atoms. The third-order valence-electron chi connectivity index (χ3n) is 2.09. The lowest BCUT2D eigenvalue weighted by Gasteiger charge is -2.05. The summed E-state index contributed by atoms with van der Waals surface area (Å²) < 4.78 is 37.0. The van der Waals surface area contributed by atoms with Crippen LogP contribution >= 0.6 is 0 Å².